The molecule has 0 N–H and O–H groups in total. The number of pyridine rings is 1. The van der Waals surface area contributed by atoms with Crippen molar-refractivity contribution in [2.24, 2.45) is 0 Å². The molecule has 2 heterocycles. The quantitative estimate of drug-likeness (QED) is 0.562. The Kier molecular flexibility index (Phi) is 1.000. The fourth-order valence-corrected chi connectivity index (χ4v) is 1.82. The maximum atomic E-state index is 7.52. The molecule has 0 unspecified atom stereocenters. The van der Waals surface area contributed by atoms with Crippen molar-refractivity contribution in [3.05, 3.63) is 29.4 Å². The lowest BCUT2D eigenvalue weighted by Crippen LogP contribution is -1.69. The minimum Gasteiger partial charge on any atom is -0.264 e. The summed E-state index contributed by atoms with van der Waals surface area (Å²) in [6, 6.07) is 1.95. The molecular weight excluding hydrogens is 142 g/mol. The van der Waals surface area contributed by atoms with Gasteiger partial charge < -0.3 is 0 Å². The second kappa shape index (κ2) is 2.06. The minimum absolute atomic E-state index is 0.390. The van der Waals surface area contributed by atoms with Gasteiger partial charge in [0.05, 0.1) is 1.37 Å². The predicted molar refractivity (Wildman–Crippen MR) is 44.4 cm³/mol. The summed E-state index contributed by atoms with van der Waals surface area (Å²) in [5, 5.41) is 3.06. The largest absolute Gasteiger partial charge is 0.264 e. The fraction of sp³-hybridized carbons (Fsp3) is 0.125. The zero-order valence-electron chi connectivity index (χ0n) is 6.59. The molecule has 10 heavy (non-hydrogen) atoms. The molecule has 0 spiro atoms. The van der Waals surface area contributed by atoms with Gasteiger partial charge in [-0.25, -0.2) is 0 Å². The van der Waals surface area contributed by atoms with Gasteiger partial charge >= 0.3 is 0 Å². The van der Waals surface area contributed by atoms with Gasteiger partial charge in [-0.2, -0.15) is 0 Å². The number of hydrogen-bond acceptors (Lipinski definition) is 2. The molecule has 50 valence electrons. The van der Waals surface area contributed by atoms with E-state index in [4.69, 9.17) is 1.37 Å². The minimum atomic E-state index is 0.390. The van der Waals surface area contributed by atoms with Crippen LogP contribution < -0.4 is 0 Å². The van der Waals surface area contributed by atoms with Crippen molar-refractivity contribution in [1.82, 2.24) is 4.98 Å². The van der Waals surface area contributed by atoms with E-state index in [1.165, 1.54) is 0 Å². The number of aromatic nitrogens is 1. The molecule has 2 aromatic rings. The molecule has 0 aliphatic rings. The molecular formula is C8H7NS. The van der Waals surface area contributed by atoms with Gasteiger partial charge in [0.2, 0.25) is 0 Å². The van der Waals surface area contributed by atoms with Gasteiger partial charge in [0.1, 0.15) is 0 Å². The zero-order chi connectivity index (χ0) is 7.84. The molecule has 0 atom stereocenters. The summed E-state index contributed by atoms with van der Waals surface area (Å²) < 4.78 is 8.67. The molecule has 0 aliphatic heterocycles. The van der Waals surface area contributed by atoms with Crippen LogP contribution in [-0.2, 0) is 0 Å². The molecule has 0 amide bonds. The van der Waals surface area contributed by atoms with Crippen LogP contribution in [0.5, 0.6) is 0 Å². The SMILES string of the molecule is [2H]c1nccc2scc(C)c12. The third kappa shape index (κ3) is 0.727. The monoisotopic (exact) mass is 150 g/mol. The zero-order valence-corrected chi connectivity index (χ0v) is 6.40. The van der Waals surface area contributed by atoms with Crippen molar-refractivity contribution in [2.75, 3.05) is 0 Å². The third-order valence-electron chi connectivity index (χ3n) is 1.48. The van der Waals surface area contributed by atoms with Gasteiger partial charge in [-0.05, 0) is 23.9 Å². The van der Waals surface area contributed by atoms with Crippen molar-refractivity contribution in [1.29, 1.82) is 0 Å². The van der Waals surface area contributed by atoms with Crippen LogP contribution in [0.1, 0.15) is 6.93 Å². The molecule has 0 aromatic carbocycles. The van der Waals surface area contributed by atoms with E-state index in [9.17, 15) is 0 Å². The van der Waals surface area contributed by atoms with E-state index in [2.05, 4.69) is 10.4 Å². The molecule has 0 radical (unpaired) electrons. The molecule has 2 aromatic heterocycles. The van der Waals surface area contributed by atoms with Crippen molar-refractivity contribution in [3.8, 4) is 0 Å². The van der Waals surface area contributed by atoms with Crippen molar-refractivity contribution >= 4 is 21.4 Å². The van der Waals surface area contributed by atoms with Crippen molar-refractivity contribution in [3.63, 3.8) is 0 Å². The number of aryl methyl sites for hydroxylation is 1. The Labute approximate surface area is 64.7 Å². The van der Waals surface area contributed by atoms with Crippen LogP contribution in [0.3, 0.4) is 0 Å². The van der Waals surface area contributed by atoms with Gasteiger partial charge in [0.15, 0.2) is 0 Å². The second-order valence-corrected chi connectivity index (χ2v) is 3.13. The molecule has 0 aliphatic carbocycles. The highest BCUT2D eigenvalue weighted by Crippen LogP contribution is 2.23. The predicted octanol–water partition coefficient (Wildman–Crippen LogP) is 2.60. The number of rotatable bonds is 0. The lowest BCUT2D eigenvalue weighted by atomic mass is 10.2. The summed E-state index contributed by atoms with van der Waals surface area (Å²) in [6.45, 7) is 2.01. The lowest BCUT2D eigenvalue weighted by molar-refractivity contribution is 1.36. The Hall–Kier alpha value is -0.890. The standard InChI is InChI=1S/C8H7NS/c1-6-5-10-8-2-3-9-4-7(6)8/h2-5H,1H3/i4D. The van der Waals surface area contributed by atoms with Gasteiger partial charge in [0, 0.05) is 22.5 Å². The highest BCUT2D eigenvalue weighted by Gasteiger charge is 1.96. The molecule has 1 nitrogen and oxygen atoms in total. The normalized spacial score (nSPS) is 11.9. The summed E-state index contributed by atoms with van der Waals surface area (Å²) in [7, 11) is 0. The maximum absolute atomic E-state index is 7.52. The van der Waals surface area contributed by atoms with E-state index in [0.29, 0.717) is 6.17 Å². The average molecular weight is 150 g/mol. The maximum Gasteiger partial charge on any atom is 0.0847 e. The summed E-state index contributed by atoms with van der Waals surface area (Å²) >= 11 is 1.67. The third-order valence-corrected chi connectivity index (χ3v) is 2.55. The van der Waals surface area contributed by atoms with Crippen LogP contribution in [0.25, 0.3) is 10.1 Å². The fourth-order valence-electron chi connectivity index (χ4n) is 0.937. The van der Waals surface area contributed by atoms with E-state index >= 15 is 0 Å². The molecule has 2 rings (SSSR count). The molecule has 0 saturated carbocycles. The highest BCUT2D eigenvalue weighted by molar-refractivity contribution is 7.17. The second-order valence-electron chi connectivity index (χ2n) is 2.21. The van der Waals surface area contributed by atoms with E-state index in [0.717, 1.165) is 15.6 Å². The topological polar surface area (TPSA) is 12.9 Å². The average Bonchev–Trinajstić information content (AvgIpc) is 2.34. The van der Waals surface area contributed by atoms with Gasteiger partial charge in [-0.15, -0.1) is 11.3 Å². The first-order valence-corrected chi connectivity index (χ1v) is 3.96. The number of hydrogen-bond donors (Lipinski definition) is 0. The first kappa shape index (κ1) is 4.85. The molecule has 0 bridgehead atoms. The number of thiophene rings is 1. The van der Waals surface area contributed by atoms with E-state index in [1.54, 1.807) is 17.5 Å². The van der Waals surface area contributed by atoms with E-state index in [1.807, 2.05) is 13.0 Å². The summed E-state index contributed by atoms with van der Waals surface area (Å²) in [5.41, 5.74) is 1.16. The summed E-state index contributed by atoms with van der Waals surface area (Å²) in [6.07, 6.45) is 2.07. The smallest absolute Gasteiger partial charge is 0.0847 e. The van der Waals surface area contributed by atoms with Crippen LogP contribution in [-0.4, -0.2) is 4.98 Å². The van der Waals surface area contributed by atoms with Crippen LogP contribution in [0.15, 0.2) is 23.8 Å². The highest BCUT2D eigenvalue weighted by atomic mass is 32.1. The van der Waals surface area contributed by atoms with Gasteiger partial charge in [-0.1, -0.05) is 0 Å². The molecule has 0 fully saturated rings. The van der Waals surface area contributed by atoms with E-state index in [-0.39, 0.29) is 0 Å². The summed E-state index contributed by atoms with van der Waals surface area (Å²) in [5.74, 6) is 0. The Balaban J connectivity index is 2.96. The first-order valence-electron chi connectivity index (χ1n) is 3.58. The molecule has 2 heteroatoms. The van der Waals surface area contributed by atoms with Crippen LogP contribution in [0.4, 0.5) is 0 Å². The van der Waals surface area contributed by atoms with Gasteiger partial charge in [-0.3, -0.25) is 4.98 Å². The Morgan fingerprint density at radius 3 is 3.40 bits per heavy atom. The van der Waals surface area contributed by atoms with Crippen molar-refractivity contribution in [2.45, 2.75) is 6.92 Å². The molecule has 0 saturated heterocycles. The van der Waals surface area contributed by atoms with Crippen molar-refractivity contribution < 1.29 is 1.37 Å². The van der Waals surface area contributed by atoms with Crippen LogP contribution >= 0.6 is 11.3 Å². The number of fused-ring (bicyclic) bond motifs is 1. The van der Waals surface area contributed by atoms with Crippen LogP contribution in [0.2, 0.25) is 0 Å². The van der Waals surface area contributed by atoms with E-state index < -0.39 is 0 Å². The number of nitrogens with zero attached hydrogens (tertiary/aromatic N) is 1. The first-order chi connectivity index (χ1) is 5.29. The summed E-state index contributed by atoms with van der Waals surface area (Å²) in [4.78, 5) is 3.91. The Morgan fingerprint density at radius 1 is 1.70 bits per heavy atom. The Morgan fingerprint density at radius 2 is 2.60 bits per heavy atom. The lowest BCUT2D eigenvalue weighted by Gasteiger charge is -1.86. The van der Waals surface area contributed by atoms with Gasteiger partial charge in [0.25, 0.3) is 0 Å². The van der Waals surface area contributed by atoms with Crippen LogP contribution in [0, 0.1) is 6.92 Å². The Bertz CT molecular complexity index is 394.